The molecule has 124 valence electrons. The molecule has 5 nitrogen and oxygen atoms in total. The van der Waals surface area contributed by atoms with Gasteiger partial charge in [0.25, 0.3) is 0 Å². The average molecular weight is 340 g/mol. The van der Waals surface area contributed by atoms with Gasteiger partial charge in [-0.2, -0.15) is 0 Å². The lowest BCUT2D eigenvalue weighted by atomic mass is 10.1. The Morgan fingerprint density at radius 3 is 2.54 bits per heavy atom. The van der Waals surface area contributed by atoms with Gasteiger partial charge in [-0.05, 0) is 50.1 Å². The lowest BCUT2D eigenvalue weighted by Gasteiger charge is -2.07. The number of anilines is 2. The van der Waals surface area contributed by atoms with Gasteiger partial charge in [-0.25, -0.2) is 15.0 Å². The van der Waals surface area contributed by atoms with Crippen molar-refractivity contribution in [3.05, 3.63) is 52.2 Å². The summed E-state index contributed by atoms with van der Waals surface area (Å²) in [6.07, 6.45) is 1.75. The minimum Gasteiger partial charge on any atom is -0.379 e. The van der Waals surface area contributed by atoms with Crippen molar-refractivity contribution in [1.82, 2.24) is 15.0 Å². The van der Waals surface area contributed by atoms with Gasteiger partial charge >= 0.3 is 0 Å². The smallest absolute Gasteiger partial charge is 0.227 e. The minimum absolute atomic E-state index is 0.568. The Morgan fingerprint density at radius 2 is 1.83 bits per heavy atom. The SMILES string of the molecule is COCc1sc(-c2ccnc(Nc3cc(C)cc(C)c3)n2)nc1C. The molecule has 0 radical (unpaired) electrons. The maximum atomic E-state index is 5.21. The molecule has 0 saturated heterocycles. The maximum absolute atomic E-state index is 5.21. The van der Waals surface area contributed by atoms with Gasteiger partial charge in [-0.1, -0.05) is 6.07 Å². The van der Waals surface area contributed by atoms with Gasteiger partial charge < -0.3 is 10.1 Å². The largest absolute Gasteiger partial charge is 0.379 e. The molecule has 0 aliphatic heterocycles. The Hall–Kier alpha value is -2.31. The van der Waals surface area contributed by atoms with Crippen LogP contribution in [-0.2, 0) is 11.3 Å². The Morgan fingerprint density at radius 1 is 1.08 bits per heavy atom. The van der Waals surface area contributed by atoms with Gasteiger partial charge in [0.15, 0.2) is 0 Å². The zero-order valence-electron chi connectivity index (χ0n) is 14.3. The topological polar surface area (TPSA) is 59.9 Å². The lowest BCUT2D eigenvalue weighted by Crippen LogP contribution is -1.98. The molecule has 0 fully saturated rings. The third-order valence-electron chi connectivity index (χ3n) is 3.52. The fourth-order valence-corrected chi connectivity index (χ4v) is 3.52. The van der Waals surface area contributed by atoms with Crippen molar-refractivity contribution in [1.29, 1.82) is 0 Å². The maximum Gasteiger partial charge on any atom is 0.227 e. The van der Waals surface area contributed by atoms with Crippen LogP contribution in [0.5, 0.6) is 0 Å². The summed E-state index contributed by atoms with van der Waals surface area (Å²) in [5.41, 5.74) is 5.19. The Bertz CT molecular complexity index is 840. The molecule has 0 aliphatic rings. The second-order valence-electron chi connectivity index (χ2n) is 5.73. The van der Waals surface area contributed by atoms with E-state index in [1.54, 1.807) is 24.6 Å². The van der Waals surface area contributed by atoms with Crippen molar-refractivity contribution in [2.24, 2.45) is 0 Å². The molecule has 0 spiro atoms. The number of nitrogens with zero attached hydrogens (tertiary/aromatic N) is 3. The van der Waals surface area contributed by atoms with Crippen molar-refractivity contribution < 1.29 is 4.74 Å². The van der Waals surface area contributed by atoms with Crippen LogP contribution in [0.4, 0.5) is 11.6 Å². The van der Waals surface area contributed by atoms with Crippen molar-refractivity contribution in [3.8, 4) is 10.7 Å². The fourth-order valence-electron chi connectivity index (χ4n) is 2.52. The third-order valence-corrected chi connectivity index (χ3v) is 4.67. The lowest BCUT2D eigenvalue weighted by molar-refractivity contribution is 0.187. The number of ether oxygens (including phenoxy) is 1. The Kier molecular flexibility index (Phi) is 4.87. The van der Waals surface area contributed by atoms with E-state index in [9.17, 15) is 0 Å². The molecule has 0 saturated carbocycles. The molecule has 0 atom stereocenters. The van der Waals surface area contributed by atoms with Crippen LogP contribution in [-0.4, -0.2) is 22.1 Å². The van der Waals surface area contributed by atoms with Gasteiger partial charge in [0.1, 0.15) is 10.7 Å². The van der Waals surface area contributed by atoms with E-state index in [0.717, 1.165) is 27.0 Å². The summed E-state index contributed by atoms with van der Waals surface area (Å²) in [4.78, 5) is 14.6. The summed E-state index contributed by atoms with van der Waals surface area (Å²) in [6.45, 7) is 6.71. The number of thiazole rings is 1. The second kappa shape index (κ2) is 7.07. The number of nitrogens with one attached hydrogen (secondary N) is 1. The Labute approximate surface area is 145 Å². The first-order chi connectivity index (χ1) is 11.5. The highest BCUT2D eigenvalue weighted by Gasteiger charge is 2.11. The zero-order valence-corrected chi connectivity index (χ0v) is 15.1. The third kappa shape index (κ3) is 3.77. The fraction of sp³-hybridized carbons (Fsp3) is 0.278. The van der Waals surface area contributed by atoms with Gasteiger partial charge in [-0.15, -0.1) is 11.3 Å². The van der Waals surface area contributed by atoms with E-state index in [1.807, 2.05) is 13.0 Å². The molecule has 0 aliphatic carbocycles. The van der Waals surface area contributed by atoms with E-state index >= 15 is 0 Å². The van der Waals surface area contributed by atoms with Gasteiger partial charge in [0.05, 0.1) is 17.2 Å². The predicted octanol–water partition coefficient (Wildman–Crippen LogP) is 4.42. The molecule has 1 N–H and O–H groups in total. The minimum atomic E-state index is 0.568. The average Bonchev–Trinajstić information content (AvgIpc) is 2.88. The summed E-state index contributed by atoms with van der Waals surface area (Å²) in [5, 5.41) is 4.15. The van der Waals surface area contributed by atoms with Crippen LogP contribution in [0.2, 0.25) is 0 Å². The second-order valence-corrected chi connectivity index (χ2v) is 6.81. The molecule has 2 heterocycles. The van der Waals surface area contributed by atoms with Gasteiger partial charge in [0.2, 0.25) is 5.95 Å². The molecule has 0 bridgehead atoms. The van der Waals surface area contributed by atoms with Crippen LogP contribution in [0.1, 0.15) is 21.7 Å². The molecule has 3 rings (SSSR count). The molecule has 1 aromatic carbocycles. The monoisotopic (exact) mass is 340 g/mol. The van der Waals surface area contributed by atoms with Crippen molar-refractivity contribution in [2.75, 3.05) is 12.4 Å². The van der Waals surface area contributed by atoms with E-state index in [4.69, 9.17) is 4.74 Å². The van der Waals surface area contributed by atoms with E-state index in [1.165, 1.54) is 11.1 Å². The first-order valence-corrected chi connectivity index (χ1v) is 8.51. The molecular weight excluding hydrogens is 320 g/mol. The number of aromatic nitrogens is 3. The number of benzene rings is 1. The van der Waals surface area contributed by atoms with Crippen LogP contribution in [0.25, 0.3) is 10.7 Å². The van der Waals surface area contributed by atoms with Crippen LogP contribution in [0, 0.1) is 20.8 Å². The van der Waals surface area contributed by atoms with Gasteiger partial charge in [-0.3, -0.25) is 0 Å². The number of hydrogen-bond donors (Lipinski definition) is 1. The Balaban J connectivity index is 1.87. The van der Waals surface area contributed by atoms with Crippen molar-refractivity contribution in [2.45, 2.75) is 27.4 Å². The number of rotatable bonds is 5. The summed E-state index contributed by atoms with van der Waals surface area (Å²) >= 11 is 1.60. The first kappa shape index (κ1) is 16.5. The van der Waals surface area contributed by atoms with Crippen LogP contribution < -0.4 is 5.32 Å². The molecule has 6 heteroatoms. The molecule has 3 aromatic rings. The zero-order chi connectivity index (χ0) is 17.1. The van der Waals surface area contributed by atoms with Crippen molar-refractivity contribution >= 4 is 23.0 Å². The number of methoxy groups -OCH3 is 1. The summed E-state index contributed by atoms with van der Waals surface area (Å²) < 4.78 is 5.21. The first-order valence-electron chi connectivity index (χ1n) is 7.69. The number of hydrogen-bond acceptors (Lipinski definition) is 6. The summed E-state index contributed by atoms with van der Waals surface area (Å²) in [6, 6.07) is 8.17. The normalized spacial score (nSPS) is 10.8. The molecule has 0 amide bonds. The van der Waals surface area contributed by atoms with Crippen LogP contribution in [0.15, 0.2) is 30.5 Å². The van der Waals surface area contributed by atoms with E-state index < -0.39 is 0 Å². The summed E-state index contributed by atoms with van der Waals surface area (Å²) in [7, 11) is 1.69. The van der Waals surface area contributed by atoms with E-state index in [0.29, 0.717) is 12.6 Å². The molecule has 0 unspecified atom stereocenters. The number of aryl methyl sites for hydroxylation is 3. The molecule has 2 aromatic heterocycles. The molecular formula is C18H20N4OS. The standard InChI is InChI=1S/C18H20N4OS/c1-11-7-12(2)9-14(8-11)21-18-19-6-5-15(22-18)17-20-13(3)16(24-17)10-23-4/h5-9H,10H2,1-4H3,(H,19,21,22). The highest BCUT2D eigenvalue weighted by Crippen LogP contribution is 2.28. The van der Waals surface area contributed by atoms with Crippen molar-refractivity contribution in [3.63, 3.8) is 0 Å². The predicted molar refractivity (Wildman–Crippen MR) is 97.8 cm³/mol. The summed E-state index contributed by atoms with van der Waals surface area (Å²) in [5.74, 6) is 0.568. The highest BCUT2D eigenvalue weighted by atomic mass is 32.1. The quantitative estimate of drug-likeness (QED) is 0.745. The van der Waals surface area contributed by atoms with E-state index in [-0.39, 0.29) is 0 Å². The highest BCUT2D eigenvalue weighted by molar-refractivity contribution is 7.15. The van der Waals surface area contributed by atoms with E-state index in [2.05, 4.69) is 52.3 Å². The van der Waals surface area contributed by atoms with Crippen LogP contribution >= 0.6 is 11.3 Å². The van der Waals surface area contributed by atoms with Crippen LogP contribution in [0.3, 0.4) is 0 Å². The molecule has 24 heavy (non-hydrogen) atoms. The van der Waals surface area contributed by atoms with Gasteiger partial charge in [0, 0.05) is 19.0 Å².